The van der Waals surface area contributed by atoms with Gasteiger partial charge in [0.1, 0.15) is 22.3 Å². The summed E-state index contributed by atoms with van der Waals surface area (Å²) in [6.07, 6.45) is 3.62. The zero-order chi connectivity index (χ0) is 37.0. The Bertz CT molecular complexity index is 3220. The summed E-state index contributed by atoms with van der Waals surface area (Å²) < 4.78 is 13.2. The Morgan fingerprint density at radius 1 is 0.339 bits per heavy atom. The van der Waals surface area contributed by atoms with Crippen molar-refractivity contribution in [3.63, 3.8) is 0 Å². The Morgan fingerprint density at radius 3 is 1.66 bits per heavy atom. The average molecular weight is 718 g/mol. The minimum Gasteiger partial charge on any atom is -0.455 e. The van der Waals surface area contributed by atoms with E-state index in [1.54, 1.807) is 0 Å². The summed E-state index contributed by atoms with van der Waals surface area (Å²) in [5.74, 6) is 0.672. The van der Waals surface area contributed by atoms with Crippen LogP contribution in [0.3, 0.4) is 0 Å². The molecule has 0 fully saturated rings. The van der Waals surface area contributed by atoms with Gasteiger partial charge in [0, 0.05) is 61.8 Å². The van der Waals surface area contributed by atoms with Gasteiger partial charge in [-0.2, -0.15) is 0 Å². The number of hydrogen-bond donors (Lipinski definition) is 0. The molecule has 0 bridgehead atoms. The maximum atomic E-state index is 6.70. The van der Waals surface area contributed by atoms with E-state index in [4.69, 9.17) is 18.8 Å². The van der Waals surface area contributed by atoms with Crippen LogP contribution in [0.15, 0.2) is 197 Å². The van der Waals surface area contributed by atoms with Gasteiger partial charge in [0.05, 0.1) is 11.4 Å². The lowest BCUT2D eigenvalue weighted by atomic mass is 9.93. The van der Waals surface area contributed by atoms with Crippen LogP contribution in [0.2, 0.25) is 0 Å². The smallest absolute Gasteiger partial charge is 0.160 e. The Hall–Kier alpha value is -7.63. The molecule has 5 heteroatoms. The first-order valence-electron chi connectivity index (χ1n) is 18.7. The molecule has 7 aromatic carbocycles. The monoisotopic (exact) mass is 717 g/mol. The highest BCUT2D eigenvalue weighted by molar-refractivity contribution is 6.19. The quantitative estimate of drug-likeness (QED) is 0.171. The second-order valence-electron chi connectivity index (χ2n) is 14.0. The van der Waals surface area contributed by atoms with Gasteiger partial charge in [0.25, 0.3) is 0 Å². The first-order valence-corrected chi connectivity index (χ1v) is 18.7. The van der Waals surface area contributed by atoms with Gasteiger partial charge in [-0.3, -0.25) is 4.98 Å². The summed E-state index contributed by atoms with van der Waals surface area (Å²) in [4.78, 5) is 14.3. The van der Waals surface area contributed by atoms with Gasteiger partial charge >= 0.3 is 0 Å². The van der Waals surface area contributed by atoms with Crippen LogP contribution in [-0.2, 0) is 0 Å². The number of benzene rings is 7. The Kier molecular flexibility index (Phi) is 7.42. The molecule has 0 atom stereocenters. The molecule has 4 heterocycles. The predicted octanol–water partition coefficient (Wildman–Crippen LogP) is 13.7. The number of nitrogens with zero attached hydrogens (tertiary/aromatic N) is 3. The van der Waals surface area contributed by atoms with E-state index in [1.807, 2.05) is 67.0 Å². The topological polar surface area (TPSA) is 65.0 Å². The summed E-state index contributed by atoms with van der Waals surface area (Å²) >= 11 is 0. The second-order valence-corrected chi connectivity index (χ2v) is 14.0. The third kappa shape index (κ3) is 5.37. The van der Waals surface area contributed by atoms with E-state index < -0.39 is 0 Å². The molecule has 0 aliphatic carbocycles. The Morgan fingerprint density at radius 2 is 0.893 bits per heavy atom. The molecule has 0 radical (unpaired) electrons. The second kappa shape index (κ2) is 13.0. The standard InChI is InChI=1S/C51H31N3O2/c1-2-9-35(10-3-1)44-31-45(54-51(53-44)37-23-17-32(18-24-37)33-27-29-52-30-28-33)36-21-19-34(20-22-36)38-25-26-40(48-43-12-5-7-16-47(43)56-50(38)48)42-14-8-13-41-39-11-4-6-15-46(39)55-49(41)42/h1-31H. The van der Waals surface area contributed by atoms with E-state index in [2.05, 4.69) is 126 Å². The van der Waals surface area contributed by atoms with Crippen LogP contribution in [0, 0.1) is 0 Å². The van der Waals surface area contributed by atoms with Crippen molar-refractivity contribution in [2.75, 3.05) is 0 Å². The highest BCUT2D eigenvalue weighted by Gasteiger charge is 2.20. The number of hydrogen-bond acceptors (Lipinski definition) is 5. The van der Waals surface area contributed by atoms with Gasteiger partial charge in [0.2, 0.25) is 0 Å². The third-order valence-corrected chi connectivity index (χ3v) is 10.7. The summed E-state index contributed by atoms with van der Waals surface area (Å²) in [7, 11) is 0. The van der Waals surface area contributed by atoms with Gasteiger partial charge in [-0.25, -0.2) is 9.97 Å². The van der Waals surface area contributed by atoms with Gasteiger partial charge in [-0.15, -0.1) is 0 Å². The minimum atomic E-state index is 0.672. The van der Waals surface area contributed by atoms with E-state index in [-0.39, 0.29) is 0 Å². The molecule has 11 aromatic rings. The van der Waals surface area contributed by atoms with E-state index in [0.29, 0.717) is 5.82 Å². The summed E-state index contributed by atoms with van der Waals surface area (Å²) in [6, 6.07) is 60.6. The van der Waals surface area contributed by atoms with E-state index in [1.165, 1.54) is 0 Å². The van der Waals surface area contributed by atoms with E-state index in [9.17, 15) is 0 Å². The fourth-order valence-corrected chi connectivity index (χ4v) is 7.90. The normalized spacial score (nSPS) is 11.6. The van der Waals surface area contributed by atoms with Crippen LogP contribution < -0.4 is 0 Å². The molecule has 56 heavy (non-hydrogen) atoms. The van der Waals surface area contributed by atoms with Crippen LogP contribution in [0.5, 0.6) is 0 Å². The molecule has 0 amide bonds. The van der Waals surface area contributed by atoms with Crippen LogP contribution in [-0.4, -0.2) is 15.0 Å². The van der Waals surface area contributed by atoms with Gasteiger partial charge in [-0.05, 0) is 58.7 Å². The molecule has 4 aromatic heterocycles. The lowest BCUT2D eigenvalue weighted by Gasteiger charge is -2.11. The molecular weight excluding hydrogens is 687 g/mol. The van der Waals surface area contributed by atoms with Crippen molar-refractivity contribution >= 4 is 43.9 Å². The fraction of sp³-hybridized carbons (Fsp3) is 0. The number of aromatic nitrogens is 3. The summed E-state index contributed by atoms with van der Waals surface area (Å²) in [6.45, 7) is 0. The molecule has 0 unspecified atom stereocenters. The largest absolute Gasteiger partial charge is 0.455 e. The van der Waals surface area contributed by atoms with Crippen molar-refractivity contribution in [2.45, 2.75) is 0 Å². The predicted molar refractivity (Wildman–Crippen MR) is 227 cm³/mol. The lowest BCUT2D eigenvalue weighted by Crippen LogP contribution is -1.96. The molecule has 262 valence electrons. The number of furan rings is 2. The van der Waals surface area contributed by atoms with Crippen LogP contribution in [0.25, 0.3) is 111 Å². The van der Waals surface area contributed by atoms with E-state index in [0.717, 1.165) is 105 Å². The molecule has 0 aliphatic rings. The zero-order valence-corrected chi connectivity index (χ0v) is 30.1. The van der Waals surface area contributed by atoms with Crippen molar-refractivity contribution in [1.29, 1.82) is 0 Å². The lowest BCUT2D eigenvalue weighted by molar-refractivity contribution is 0.669. The maximum absolute atomic E-state index is 6.70. The summed E-state index contributed by atoms with van der Waals surface area (Å²) in [5, 5.41) is 4.35. The molecule has 0 aliphatic heterocycles. The average Bonchev–Trinajstić information content (AvgIpc) is 3.86. The molecule has 11 rings (SSSR count). The number of para-hydroxylation sites is 3. The molecular formula is C51H31N3O2. The number of fused-ring (bicyclic) bond motifs is 6. The van der Waals surface area contributed by atoms with Gasteiger partial charge in [-0.1, -0.05) is 140 Å². The van der Waals surface area contributed by atoms with Crippen molar-refractivity contribution in [1.82, 2.24) is 15.0 Å². The third-order valence-electron chi connectivity index (χ3n) is 10.7. The van der Waals surface area contributed by atoms with Crippen molar-refractivity contribution in [3.8, 4) is 67.3 Å². The highest BCUT2D eigenvalue weighted by Crippen LogP contribution is 2.45. The van der Waals surface area contributed by atoms with Gasteiger partial charge in [0.15, 0.2) is 5.82 Å². The Balaban J connectivity index is 1.02. The van der Waals surface area contributed by atoms with Crippen LogP contribution >= 0.6 is 0 Å². The molecule has 0 spiro atoms. The summed E-state index contributed by atoms with van der Waals surface area (Å²) in [5.41, 5.74) is 14.6. The van der Waals surface area contributed by atoms with Crippen molar-refractivity contribution in [3.05, 3.63) is 188 Å². The number of pyridine rings is 1. The van der Waals surface area contributed by atoms with E-state index >= 15 is 0 Å². The van der Waals surface area contributed by atoms with Crippen molar-refractivity contribution < 1.29 is 8.83 Å². The Labute approximate surface area is 322 Å². The van der Waals surface area contributed by atoms with Crippen molar-refractivity contribution in [2.24, 2.45) is 0 Å². The first kappa shape index (κ1) is 31.9. The molecule has 0 saturated heterocycles. The number of rotatable bonds is 6. The molecule has 0 saturated carbocycles. The SMILES string of the molecule is c1ccc(-c2cc(-c3ccc(-c4ccc(-c5cccc6c5oc5ccccc56)c5c4oc4ccccc45)cc3)nc(-c3ccc(-c4ccncc4)cc3)n2)cc1. The minimum absolute atomic E-state index is 0.672. The van der Waals surface area contributed by atoms with Crippen LogP contribution in [0.4, 0.5) is 0 Å². The highest BCUT2D eigenvalue weighted by atomic mass is 16.3. The fourth-order valence-electron chi connectivity index (χ4n) is 7.90. The van der Waals surface area contributed by atoms with Gasteiger partial charge < -0.3 is 8.83 Å². The molecule has 5 nitrogen and oxygen atoms in total. The zero-order valence-electron chi connectivity index (χ0n) is 30.1. The first-order chi connectivity index (χ1) is 27.7. The molecule has 0 N–H and O–H groups in total. The van der Waals surface area contributed by atoms with Crippen LogP contribution in [0.1, 0.15) is 0 Å². The maximum Gasteiger partial charge on any atom is 0.160 e.